The second kappa shape index (κ2) is 8.18. The minimum Gasteiger partial charge on any atom is -0.481 e. The molecule has 1 aromatic rings. The number of hydrogen-bond donors (Lipinski definition) is 1. The average molecular weight is 296 g/mol. The Morgan fingerprint density at radius 1 is 1.18 bits per heavy atom. The van der Waals surface area contributed by atoms with E-state index in [2.05, 4.69) is 25.8 Å². The van der Waals surface area contributed by atoms with Gasteiger partial charge in [-0.15, -0.1) is 0 Å². The summed E-state index contributed by atoms with van der Waals surface area (Å²) in [5, 5.41) is 9.36. The first kappa shape index (κ1) is 17.7. The van der Waals surface area contributed by atoms with E-state index in [4.69, 9.17) is 0 Å². The Labute approximate surface area is 133 Å². The van der Waals surface area contributed by atoms with Crippen molar-refractivity contribution in [2.75, 3.05) is 0 Å². The summed E-state index contributed by atoms with van der Waals surface area (Å²) in [6.45, 7) is 15.2. The van der Waals surface area contributed by atoms with Crippen molar-refractivity contribution in [1.82, 2.24) is 0 Å². The second-order valence-electron chi connectivity index (χ2n) is 5.57. The van der Waals surface area contributed by atoms with E-state index in [0.29, 0.717) is 17.6 Å². The standard InChI is InChI=1S/C20H24O2/c1-6-15(4)7-8-17-9-11-18(12-10-17)13-19(20(21)22)16(5)14(2)3/h6-7,9-12,19H,1-2,5,8,13H2,3-4H3,(H,21,22)/b15-7+. The van der Waals surface area contributed by atoms with Crippen molar-refractivity contribution in [3.63, 3.8) is 0 Å². The fourth-order valence-electron chi connectivity index (χ4n) is 2.07. The molecule has 2 nitrogen and oxygen atoms in total. The molecule has 0 heterocycles. The highest BCUT2D eigenvalue weighted by atomic mass is 16.4. The quantitative estimate of drug-likeness (QED) is 0.704. The molecule has 2 heteroatoms. The van der Waals surface area contributed by atoms with Gasteiger partial charge in [0.1, 0.15) is 0 Å². The molecular formula is C20H24O2. The molecule has 1 rings (SSSR count). The summed E-state index contributed by atoms with van der Waals surface area (Å²) in [6.07, 6.45) is 5.22. The maximum atomic E-state index is 11.4. The van der Waals surface area contributed by atoms with Gasteiger partial charge < -0.3 is 5.11 Å². The zero-order chi connectivity index (χ0) is 16.7. The van der Waals surface area contributed by atoms with Crippen LogP contribution in [-0.4, -0.2) is 11.1 Å². The maximum Gasteiger partial charge on any atom is 0.311 e. The fraction of sp³-hybridized carbons (Fsp3) is 0.250. The number of allylic oxidation sites excluding steroid dienone is 4. The summed E-state index contributed by atoms with van der Waals surface area (Å²) >= 11 is 0. The number of aliphatic carboxylic acids is 1. The summed E-state index contributed by atoms with van der Waals surface area (Å²) in [5.41, 5.74) is 4.63. The van der Waals surface area contributed by atoms with Gasteiger partial charge in [-0.05, 0) is 43.4 Å². The molecule has 1 atom stereocenters. The van der Waals surface area contributed by atoms with Crippen LogP contribution in [0.1, 0.15) is 25.0 Å². The molecule has 0 aliphatic carbocycles. The lowest BCUT2D eigenvalue weighted by molar-refractivity contribution is -0.140. The van der Waals surface area contributed by atoms with E-state index in [-0.39, 0.29) is 0 Å². The molecule has 0 aliphatic rings. The highest BCUT2D eigenvalue weighted by molar-refractivity contribution is 5.75. The Bertz CT molecular complexity index is 603. The van der Waals surface area contributed by atoms with Crippen LogP contribution in [0.5, 0.6) is 0 Å². The molecule has 116 valence electrons. The van der Waals surface area contributed by atoms with Crippen molar-refractivity contribution in [2.45, 2.75) is 26.7 Å². The lowest BCUT2D eigenvalue weighted by Crippen LogP contribution is -2.19. The largest absolute Gasteiger partial charge is 0.481 e. The second-order valence-corrected chi connectivity index (χ2v) is 5.57. The van der Waals surface area contributed by atoms with E-state index in [1.807, 2.05) is 37.3 Å². The number of hydrogen-bond acceptors (Lipinski definition) is 1. The van der Waals surface area contributed by atoms with E-state index in [0.717, 1.165) is 17.6 Å². The molecule has 0 spiro atoms. The van der Waals surface area contributed by atoms with E-state index in [9.17, 15) is 9.90 Å². The molecule has 0 bridgehead atoms. The third-order valence-electron chi connectivity index (χ3n) is 3.71. The molecular weight excluding hydrogens is 272 g/mol. The lowest BCUT2D eigenvalue weighted by Gasteiger charge is -2.15. The Morgan fingerprint density at radius 2 is 1.73 bits per heavy atom. The summed E-state index contributed by atoms with van der Waals surface area (Å²) in [5.74, 6) is -1.48. The average Bonchev–Trinajstić information content (AvgIpc) is 2.50. The Kier molecular flexibility index (Phi) is 6.58. The van der Waals surface area contributed by atoms with Crippen LogP contribution in [0.2, 0.25) is 0 Å². The monoisotopic (exact) mass is 296 g/mol. The highest BCUT2D eigenvalue weighted by Gasteiger charge is 2.21. The summed E-state index contributed by atoms with van der Waals surface area (Å²) in [6, 6.07) is 8.03. The molecule has 22 heavy (non-hydrogen) atoms. The van der Waals surface area contributed by atoms with Gasteiger partial charge in [-0.1, -0.05) is 67.3 Å². The molecule has 1 N–H and O–H groups in total. The van der Waals surface area contributed by atoms with E-state index in [1.54, 1.807) is 6.92 Å². The van der Waals surface area contributed by atoms with Crippen LogP contribution in [0.25, 0.3) is 0 Å². The van der Waals surface area contributed by atoms with Crippen LogP contribution in [0.4, 0.5) is 0 Å². The SMILES string of the molecule is C=C/C(C)=C/Cc1ccc(CC(C(=C)C(=C)C)C(=O)O)cc1. The molecule has 0 fully saturated rings. The third-order valence-corrected chi connectivity index (χ3v) is 3.71. The molecule has 0 amide bonds. The molecule has 0 aliphatic heterocycles. The first-order valence-corrected chi connectivity index (χ1v) is 7.29. The molecule has 0 radical (unpaired) electrons. The van der Waals surface area contributed by atoms with Crippen molar-refractivity contribution in [3.05, 3.63) is 84.0 Å². The van der Waals surface area contributed by atoms with Gasteiger partial charge in [-0.3, -0.25) is 4.79 Å². The Hall–Kier alpha value is -2.35. The van der Waals surface area contributed by atoms with E-state index in [1.165, 1.54) is 5.56 Å². The van der Waals surface area contributed by atoms with Gasteiger partial charge in [-0.2, -0.15) is 0 Å². The molecule has 0 saturated heterocycles. The van der Waals surface area contributed by atoms with E-state index < -0.39 is 11.9 Å². The van der Waals surface area contributed by atoms with Crippen LogP contribution in [0.3, 0.4) is 0 Å². The number of carbonyl (C=O) groups is 1. The zero-order valence-electron chi connectivity index (χ0n) is 13.4. The van der Waals surface area contributed by atoms with E-state index >= 15 is 0 Å². The number of benzene rings is 1. The summed E-state index contributed by atoms with van der Waals surface area (Å²) in [4.78, 5) is 11.4. The van der Waals surface area contributed by atoms with Gasteiger partial charge in [0.05, 0.1) is 5.92 Å². The predicted molar refractivity (Wildman–Crippen MR) is 92.9 cm³/mol. The topological polar surface area (TPSA) is 37.3 Å². The molecule has 1 unspecified atom stereocenters. The zero-order valence-corrected chi connectivity index (χ0v) is 13.4. The van der Waals surface area contributed by atoms with Crippen LogP contribution < -0.4 is 0 Å². The number of rotatable bonds is 8. The first-order valence-electron chi connectivity index (χ1n) is 7.29. The van der Waals surface area contributed by atoms with Crippen LogP contribution in [0.15, 0.2) is 72.9 Å². The van der Waals surface area contributed by atoms with Gasteiger partial charge in [0, 0.05) is 0 Å². The molecule has 1 aromatic carbocycles. The highest BCUT2D eigenvalue weighted by Crippen LogP contribution is 2.22. The maximum absolute atomic E-state index is 11.4. The smallest absolute Gasteiger partial charge is 0.311 e. The van der Waals surface area contributed by atoms with Crippen molar-refractivity contribution in [3.8, 4) is 0 Å². The minimum atomic E-state index is -0.860. The predicted octanol–water partition coefficient (Wildman–Crippen LogP) is 4.74. The lowest BCUT2D eigenvalue weighted by atomic mass is 9.89. The van der Waals surface area contributed by atoms with Crippen LogP contribution in [0, 0.1) is 5.92 Å². The summed E-state index contributed by atoms with van der Waals surface area (Å²) in [7, 11) is 0. The van der Waals surface area contributed by atoms with Gasteiger partial charge in [0.2, 0.25) is 0 Å². The number of carboxylic acid groups (broad SMARTS) is 1. The van der Waals surface area contributed by atoms with Crippen molar-refractivity contribution in [1.29, 1.82) is 0 Å². The van der Waals surface area contributed by atoms with Crippen molar-refractivity contribution < 1.29 is 9.90 Å². The fourth-order valence-corrected chi connectivity index (χ4v) is 2.07. The van der Waals surface area contributed by atoms with Gasteiger partial charge in [0.15, 0.2) is 0 Å². The number of carboxylic acids is 1. The Morgan fingerprint density at radius 3 is 2.18 bits per heavy atom. The minimum absolute atomic E-state index is 0.433. The van der Waals surface area contributed by atoms with Crippen LogP contribution in [-0.2, 0) is 17.6 Å². The Balaban J connectivity index is 2.81. The van der Waals surface area contributed by atoms with Gasteiger partial charge in [-0.25, -0.2) is 0 Å². The molecule has 0 saturated carbocycles. The van der Waals surface area contributed by atoms with Gasteiger partial charge in [0.25, 0.3) is 0 Å². The normalized spacial score (nSPS) is 12.5. The summed E-state index contributed by atoms with van der Waals surface area (Å²) < 4.78 is 0. The third kappa shape index (κ3) is 5.21. The van der Waals surface area contributed by atoms with Crippen molar-refractivity contribution >= 4 is 5.97 Å². The van der Waals surface area contributed by atoms with Crippen molar-refractivity contribution in [2.24, 2.45) is 5.92 Å². The van der Waals surface area contributed by atoms with Gasteiger partial charge >= 0.3 is 5.97 Å². The molecule has 0 aromatic heterocycles. The van der Waals surface area contributed by atoms with Crippen LogP contribution >= 0.6 is 0 Å². The first-order chi connectivity index (χ1) is 10.3.